The number of hydrogen-bond acceptors (Lipinski definition) is 4. The smallest absolute Gasteiger partial charge is 0.387 e. The van der Waals surface area contributed by atoms with Crippen LogP contribution in [0.2, 0.25) is 0 Å². The summed E-state index contributed by atoms with van der Waals surface area (Å²) in [5, 5.41) is 12.1. The molecule has 8 heteroatoms. The third kappa shape index (κ3) is 6.05. The lowest BCUT2D eigenvalue weighted by Gasteiger charge is -2.33. The van der Waals surface area contributed by atoms with Gasteiger partial charge in [0.2, 0.25) is 5.91 Å². The number of benzene rings is 2. The number of aliphatic carboxylic acids is 1. The lowest BCUT2D eigenvalue weighted by atomic mass is 9.72. The molecule has 1 fully saturated rings. The number of aromatic nitrogens is 1. The van der Waals surface area contributed by atoms with E-state index in [9.17, 15) is 18.4 Å². The molecule has 36 heavy (non-hydrogen) atoms. The average molecular weight is 495 g/mol. The number of carboxylic acid groups (broad SMARTS) is 1. The highest BCUT2D eigenvalue weighted by atomic mass is 19.3. The fraction of sp³-hybridized carbons (Fsp3) is 0.321. The minimum Gasteiger partial charge on any atom is -0.481 e. The molecule has 0 radical (unpaired) electrons. The summed E-state index contributed by atoms with van der Waals surface area (Å²) in [5.74, 6) is -1.07. The summed E-state index contributed by atoms with van der Waals surface area (Å²) in [6.07, 6.45) is 6.25. The molecular weight excluding hydrogens is 466 g/mol. The summed E-state index contributed by atoms with van der Waals surface area (Å²) in [7, 11) is 0. The van der Waals surface area contributed by atoms with Gasteiger partial charge in [0.05, 0.1) is 12.1 Å². The normalized spacial score (nSPS) is 14.2. The van der Waals surface area contributed by atoms with Gasteiger partial charge >= 0.3 is 12.6 Å². The van der Waals surface area contributed by atoms with Crippen LogP contribution in [-0.2, 0) is 16.0 Å². The van der Waals surface area contributed by atoms with E-state index in [-0.39, 0.29) is 29.9 Å². The molecule has 1 heterocycles. The molecule has 0 aliphatic heterocycles. The van der Waals surface area contributed by atoms with Gasteiger partial charge in [0.25, 0.3) is 0 Å². The van der Waals surface area contributed by atoms with Crippen molar-refractivity contribution < 1.29 is 28.2 Å². The molecular formula is C28H28F2N2O4. The van der Waals surface area contributed by atoms with Crippen molar-refractivity contribution >= 4 is 17.6 Å². The zero-order valence-corrected chi connectivity index (χ0v) is 19.9. The molecule has 3 aromatic rings. The van der Waals surface area contributed by atoms with Crippen LogP contribution in [0.5, 0.6) is 5.75 Å². The molecule has 1 aliphatic carbocycles. The third-order valence-corrected chi connectivity index (χ3v) is 6.76. The van der Waals surface area contributed by atoms with E-state index in [1.807, 2.05) is 49.4 Å². The number of pyridine rings is 1. The number of aryl methyl sites for hydroxylation is 1. The van der Waals surface area contributed by atoms with Crippen LogP contribution < -0.4 is 10.1 Å². The van der Waals surface area contributed by atoms with Gasteiger partial charge in [-0.3, -0.25) is 14.6 Å². The van der Waals surface area contributed by atoms with Crippen LogP contribution in [0.15, 0.2) is 60.9 Å². The van der Waals surface area contributed by atoms with E-state index in [1.54, 1.807) is 6.20 Å². The van der Waals surface area contributed by atoms with Crippen molar-refractivity contribution in [3.05, 3.63) is 77.6 Å². The molecule has 1 aliphatic rings. The van der Waals surface area contributed by atoms with Gasteiger partial charge in [-0.05, 0) is 66.5 Å². The second-order valence-electron chi connectivity index (χ2n) is 9.05. The first-order valence-electron chi connectivity index (χ1n) is 11.9. The van der Waals surface area contributed by atoms with Crippen LogP contribution in [-0.4, -0.2) is 28.6 Å². The van der Waals surface area contributed by atoms with Crippen molar-refractivity contribution in [1.29, 1.82) is 0 Å². The monoisotopic (exact) mass is 494 g/mol. The van der Waals surface area contributed by atoms with Crippen LogP contribution in [0.3, 0.4) is 0 Å². The Kier molecular flexibility index (Phi) is 7.93. The van der Waals surface area contributed by atoms with Gasteiger partial charge in [0, 0.05) is 23.9 Å². The van der Waals surface area contributed by atoms with Crippen molar-refractivity contribution in [2.45, 2.75) is 51.6 Å². The lowest BCUT2D eigenvalue weighted by Crippen LogP contribution is -2.31. The lowest BCUT2D eigenvalue weighted by molar-refractivity contribution is -0.137. The maximum atomic E-state index is 13.5. The number of nitrogens with zero attached hydrogens (tertiary/aromatic N) is 1. The number of nitrogens with one attached hydrogen (secondary N) is 1. The molecule has 1 aromatic heterocycles. The number of amides is 1. The zero-order valence-electron chi connectivity index (χ0n) is 19.9. The number of carbonyl (C=O) groups is 2. The molecule has 4 rings (SSSR count). The molecule has 2 N–H and O–H groups in total. The molecule has 1 amide bonds. The Balaban J connectivity index is 1.54. The maximum Gasteiger partial charge on any atom is 0.387 e. The summed E-state index contributed by atoms with van der Waals surface area (Å²) >= 11 is 0. The highest BCUT2D eigenvalue weighted by Gasteiger charge is 2.34. The van der Waals surface area contributed by atoms with Crippen LogP contribution in [0.25, 0.3) is 11.1 Å². The van der Waals surface area contributed by atoms with E-state index in [4.69, 9.17) is 5.11 Å². The van der Waals surface area contributed by atoms with Crippen LogP contribution in [0, 0.1) is 12.8 Å². The van der Waals surface area contributed by atoms with Crippen LogP contribution in [0.1, 0.15) is 48.3 Å². The number of rotatable bonds is 10. The predicted octanol–water partition coefficient (Wildman–Crippen LogP) is 6.20. The second kappa shape index (κ2) is 11.3. The van der Waals surface area contributed by atoms with E-state index in [1.165, 1.54) is 12.3 Å². The van der Waals surface area contributed by atoms with E-state index < -0.39 is 12.6 Å². The fourth-order valence-electron chi connectivity index (χ4n) is 4.58. The van der Waals surface area contributed by atoms with Gasteiger partial charge in [-0.15, -0.1) is 0 Å². The third-order valence-electron chi connectivity index (χ3n) is 6.76. The fourth-order valence-corrected chi connectivity index (χ4v) is 4.58. The Morgan fingerprint density at radius 2 is 1.86 bits per heavy atom. The largest absolute Gasteiger partial charge is 0.481 e. The van der Waals surface area contributed by atoms with Gasteiger partial charge in [0.15, 0.2) is 0 Å². The molecule has 0 saturated heterocycles. The first kappa shape index (κ1) is 25.3. The highest BCUT2D eigenvalue weighted by molar-refractivity contribution is 5.97. The number of anilines is 1. The van der Waals surface area contributed by atoms with Gasteiger partial charge < -0.3 is 15.2 Å². The van der Waals surface area contributed by atoms with Gasteiger partial charge in [-0.2, -0.15) is 8.78 Å². The number of halogens is 2. The van der Waals surface area contributed by atoms with Gasteiger partial charge in [0.1, 0.15) is 5.75 Å². The number of ether oxygens (including phenoxy) is 1. The quantitative estimate of drug-likeness (QED) is 0.350. The molecule has 0 bridgehead atoms. The molecule has 0 unspecified atom stereocenters. The van der Waals surface area contributed by atoms with Crippen molar-refractivity contribution in [2.75, 3.05) is 5.32 Å². The van der Waals surface area contributed by atoms with Crippen molar-refractivity contribution in [3.8, 4) is 16.9 Å². The Hall–Kier alpha value is -3.81. The number of carboxylic acids is 1. The Morgan fingerprint density at radius 3 is 2.50 bits per heavy atom. The van der Waals surface area contributed by atoms with E-state index in [0.29, 0.717) is 17.7 Å². The SMILES string of the molecule is Cc1c(CCC(=O)O)cccc1NC(=O)[C@@H](c1ccc(-c2cncc(OC(F)F)c2)cc1)C1CCC1. The summed E-state index contributed by atoms with van der Waals surface area (Å²) < 4.78 is 29.5. The van der Waals surface area contributed by atoms with Crippen molar-refractivity contribution in [1.82, 2.24) is 4.98 Å². The Morgan fingerprint density at radius 1 is 1.11 bits per heavy atom. The van der Waals surface area contributed by atoms with Crippen LogP contribution >= 0.6 is 0 Å². The molecule has 6 nitrogen and oxygen atoms in total. The predicted molar refractivity (Wildman–Crippen MR) is 132 cm³/mol. The van der Waals surface area contributed by atoms with Gasteiger partial charge in [-0.25, -0.2) is 0 Å². The number of alkyl halides is 2. The Labute approximate surface area is 208 Å². The van der Waals surface area contributed by atoms with Crippen molar-refractivity contribution in [3.63, 3.8) is 0 Å². The topological polar surface area (TPSA) is 88.5 Å². The van der Waals surface area contributed by atoms with Crippen molar-refractivity contribution in [2.24, 2.45) is 5.92 Å². The second-order valence-corrected chi connectivity index (χ2v) is 9.05. The Bertz CT molecular complexity index is 1230. The summed E-state index contributed by atoms with van der Waals surface area (Å²) in [5.41, 5.74) is 4.75. The molecule has 1 saturated carbocycles. The molecule has 2 aromatic carbocycles. The number of hydrogen-bond donors (Lipinski definition) is 2. The first-order chi connectivity index (χ1) is 17.3. The standard InChI is InChI=1S/C28H28F2N2O4/c1-17-18(12-13-25(33)34)4-3-7-24(17)32-27(35)26(20-5-2-6-20)21-10-8-19(9-11-21)22-14-23(16-31-15-22)36-28(29)30/h3-4,7-11,14-16,20,26,28H,2,5-6,12-13H2,1H3,(H,32,35)(H,33,34)/t26-/m1/s1. The molecule has 188 valence electrons. The summed E-state index contributed by atoms with van der Waals surface area (Å²) in [6.45, 7) is -1.03. The first-order valence-corrected chi connectivity index (χ1v) is 11.9. The molecule has 0 spiro atoms. The maximum absolute atomic E-state index is 13.5. The minimum absolute atomic E-state index is 0.0146. The highest BCUT2D eigenvalue weighted by Crippen LogP contribution is 2.41. The van der Waals surface area contributed by atoms with E-state index in [0.717, 1.165) is 41.5 Å². The minimum atomic E-state index is -2.92. The summed E-state index contributed by atoms with van der Waals surface area (Å²) in [6, 6.07) is 14.6. The average Bonchev–Trinajstić information content (AvgIpc) is 2.81. The van der Waals surface area contributed by atoms with Crippen LogP contribution in [0.4, 0.5) is 14.5 Å². The van der Waals surface area contributed by atoms with E-state index in [2.05, 4.69) is 15.0 Å². The molecule has 1 atom stereocenters. The summed E-state index contributed by atoms with van der Waals surface area (Å²) in [4.78, 5) is 28.4. The zero-order chi connectivity index (χ0) is 25.7. The number of carbonyl (C=O) groups excluding carboxylic acids is 1. The van der Waals surface area contributed by atoms with Gasteiger partial charge in [-0.1, -0.05) is 42.8 Å². The van der Waals surface area contributed by atoms with E-state index >= 15 is 0 Å².